The zero-order valence-electron chi connectivity index (χ0n) is 9.96. The summed E-state index contributed by atoms with van der Waals surface area (Å²) in [7, 11) is -3.94. The van der Waals surface area contributed by atoms with Crippen LogP contribution in [0.2, 0.25) is 0 Å². The van der Waals surface area contributed by atoms with Crippen molar-refractivity contribution in [2.24, 2.45) is 0 Å². The van der Waals surface area contributed by atoms with Crippen LogP contribution < -0.4 is 10.5 Å². The Kier molecular flexibility index (Phi) is 3.34. The molecular formula is C11H11FN4O2S. The number of aromatic nitrogens is 2. The molecule has 0 aliphatic heterocycles. The second kappa shape index (κ2) is 4.81. The van der Waals surface area contributed by atoms with Gasteiger partial charge in [0.1, 0.15) is 10.7 Å². The van der Waals surface area contributed by atoms with Gasteiger partial charge in [-0.1, -0.05) is 6.07 Å². The van der Waals surface area contributed by atoms with Crippen LogP contribution in [0.1, 0.15) is 5.56 Å². The summed E-state index contributed by atoms with van der Waals surface area (Å²) in [6.45, 7) is 1.70. The molecule has 0 fully saturated rings. The van der Waals surface area contributed by atoms with Crippen LogP contribution in [-0.2, 0) is 10.0 Å². The number of aryl methyl sites for hydroxylation is 1. The summed E-state index contributed by atoms with van der Waals surface area (Å²) in [4.78, 5) is 6.96. The second-order valence-corrected chi connectivity index (χ2v) is 5.55. The molecule has 1 aromatic carbocycles. The largest absolute Gasteiger partial charge is 0.368 e. The lowest BCUT2D eigenvalue weighted by Gasteiger charge is -2.08. The smallest absolute Gasteiger partial charge is 0.265 e. The number of rotatable bonds is 3. The highest BCUT2D eigenvalue weighted by Gasteiger charge is 2.17. The molecule has 0 bridgehead atoms. The number of hydrogen-bond donors (Lipinski definition) is 2. The quantitative estimate of drug-likeness (QED) is 0.884. The summed E-state index contributed by atoms with van der Waals surface area (Å²) in [5.74, 6) is -0.694. The Morgan fingerprint density at radius 3 is 2.47 bits per heavy atom. The summed E-state index contributed by atoms with van der Waals surface area (Å²) in [5.41, 5.74) is 5.82. The number of nitrogens with one attached hydrogen (secondary N) is 1. The summed E-state index contributed by atoms with van der Waals surface area (Å²) in [6.07, 6.45) is 2.10. The van der Waals surface area contributed by atoms with Crippen LogP contribution in [0.5, 0.6) is 0 Å². The number of nitrogen functional groups attached to an aromatic ring is 1. The molecule has 0 aliphatic rings. The fraction of sp³-hybridized carbons (Fsp3) is 0.0909. The van der Waals surface area contributed by atoms with Gasteiger partial charge in [0.25, 0.3) is 10.0 Å². The van der Waals surface area contributed by atoms with Crippen molar-refractivity contribution in [2.45, 2.75) is 11.8 Å². The molecule has 0 spiro atoms. The van der Waals surface area contributed by atoms with Crippen LogP contribution in [-0.4, -0.2) is 18.4 Å². The fourth-order valence-electron chi connectivity index (χ4n) is 1.37. The van der Waals surface area contributed by atoms with E-state index in [0.717, 1.165) is 12.4 Å². The van der Waals surface area contributed by atoms with Gasteiger partial charge in [-0.3, -0.25) is 4.72 Å². The van der Waals surface area contributed by atoms with Gasteiger partial charge in [-0.15, -0.1) is 0 Å². The first-order valence-electron chi connectivity index (χ1n) is 5.25. The third-order valence-corrected chi connectivity index (χ3v) is 3.65. The first kappa shape index (κ1) is 13.2. The first-order chi connectivity index (χ1) is 8.88. The van der Waals surface area contributed by atoms with Gasteiger partial charge in [0.05, 0.1) is 18.1 Å². The Morgan fingerprint density at radius 2 is 1.89 bits per heavy atom. The highest BCUT2D eigenvalue weighted by atomic mass is 32.2. The van der Waals surface area contributed by atoms with E-state index in [9.17, 15) is 12.8 Å². The molecule has 0 amide bonds. The standard InChI is InChI=1S/C11H11FN4O2S/c1-7-2-3-10(9(12)4-7)16-19(17,18)8-5-14-11(13)15-6-8/h2-6,16H,1H3,(H2,13,14,15). The van der Waals surface area contributed by atoms with E-state index in [-0.39, 0.29) is 16.5 Å². The molecule has 100 valence electrons. The minimum Gasteiger partial charge on any atom is -0.368 e. The Labute approximate surface area is 109 Å². The van der Waals surface area contributed by atoms with Crippen LogP contribution >= 0.6 is 0 Å². The van der Waals surface area contributed by atoms with Crippen molar-refractivity contribution in [3.8, 4) is 0 Å². The minimum atomic E-state index is -3.94. The average molecular weight is 282 g/mol. The number of nitrogens with zero attached hydrogens (tertiary/aromatic N) is 2. The molecule has 19 heavy (non-hydrogen) atoms. The van der Waals surface area contributed by atoms with Crippen LogP contribution in [0.15, 0.2) is 35.5 Å². The van der Waals surface area contributed by atoms with E-state index in [0.29, 0.717) is 5.56 Å². The monoisotopic (exact) mass is 282 g/mol. The molecule has 2 aromatic rings. The minimum absolute atomic E-state index is 0.0412. The topological polar surface area (TPSA) is 98.0 Å². The first-order valence-corrected chi connectivity index (χ1v) is 6.73. The molecule has 0 radical (unpaired) electrons. The molecule has 0 atom stereocenters. The maximum atomic E-state index is 13.6. The summed E-state index contributed by atoms with van der Waals surface area (Å²) < 4.78 is 39.6. The molecule has 6 nitrogen and oxygen atoms in total. The molecular weight excluding hydrogens is 271 g/mol. The number of anilines is 2. The van der Waals surface area contributed by atoms with Gasteiger partial charge in [-0.05, 0) is 24.6 Å². The molecule has 0 aliphatic carbocycles. The Hall–Kier alpha value is -2.22. The van der Waals surface area contributed by atoms with E-state index in [1.165, 1.54) is 12.1 Å². The van der Waals surface area contributed by atoms with E-state index in [1.54, 1.807) is 13.0 Å². The summed E-state index contributed by atoms with van der Waals surface area (Å²) in [5, 5.41) is 0. The number of nitrogens with two attached hydrogens (primary N) is 1. The fourth-order valence-corrected chi connectivity index (χ4v) is 2.33. The van der Waals surface area contributed by atoms with Gasteiger partial charge in [0, 0.05) is 0 Å². The van der Waals surface area contributed by atoms with Crippen molar-refractivity contribution in [3.05, 3.63) is 42.0 Å². The van der Waals surface area contributed by atoms with E-state index in [2.05, 4.69) is 14.7 Å². The predicted molar refractivity (Wildman–Crippen MR) is 68.4 cm³/mol. The van der Waals surface area contributed by atoms with Gasteiger partial charge in [0.15, 0.2) is 0 Å². The van der Waals surface area contributed by atoms with E-state index in [4.69, 9.17) is 5.73 Å². The van der Waals surface area contributed by atoms with Crippen LogP contribution in [0.25, 0.3) is 0 Å². The van der Waals surface area contributed by atoms with E-state index in [1.807, 2.05) is 0 Å². The third-order valence-electron chi connectivity index (χ3n) is 2.33. The van der Waals surface area contributed by atoms with Gasteiger partial charge in [-0.2, -0.15) is 0 Å². The highest BCUT2D eigenvalue weighted by Crippen LogP contribution is 2.19. The number of sulfonamides is 1. The van der Waals surface area contributed by atoms with Crippen molar-refractivity contribution < 1.29 is 12.8 Å². The van der Waals surface area contributed by atoms with Gasteiger partial charge < -0.3 is 5.73 Å². The Morgan fingerprint density at radius 1 is 1.26 bits per heavy atom. The number of hydrogen-bond acceptors (Lipinski definition) is 5. The maximum Gasteiger partial charge on any atom is 0.265 e. The number of halogens is 1. The average Bonchev–Trinajstić information content (AvgIpc) is 2.33. The summed E-state index contributed by atoms with van der Waals surface area (Å²) >= 11 is 0. The molecule has 8 heteroatoms. The Balaban J connectivity index is 2.33. The molecule has 1 heterocycles. The predicted octanol–water partition coefficient (Wildman–Crippen LogP) is 1.31. The van der Waals surface area contributed by atoms with Gasteiger partial charge >= 0.3 is 0 Å². The molecule has 3 N–H and O–H groups in total. The number of benzene rings is 1. The third kappa shape index (κ3) is 2.97. The van der Waals surface area contributed by atoms with Crippen LogP contribution in [0.4, 0.5) is 16.0 Å². The lowest BCUT2D eigenvalue weighted by molar-refractivity contribution is 0.597. The molecule has 1 aromatic heterocycles. The summed E-state index contributed by atoms with van der Waals surface area (Å²) in [6, 6.07) is 4.18. The second-order valence-electron chi connectivity index (χ2n) is 3.87. The van der Waals surface area contributed by atoms with E-state index >= 15 is 0 Å². The molecule has 0 saturated heterocycles. The van der Waals surface area contributed by atoms with Gasteiger partial charge in [-0.25, -0.2) is 22.8 Å². The lowest BCUT2D eigenvalue weighted by atomic mass is 10.2. The van der Waals surface area contributed by atoms with Crippen LogP contribution in [0.3, 0.4) is 0 Å². The lowest BCUT2D eigenvalue weighted by Crippen LogP contribution is -2.15. The van der Waals surface area contributed by atoms with Crippen molar-refractivity contribution in [1.29, 1.82) is 0 Å². The maximum absolute atomic E-state index is 13.6. The zero-order chi connectivity index (χ0) is 14.0. The molecule has 2 rings (SSSR count). The molecule has 0 unspecified atom stereocenters. The zero-order valence-corrected chi connectivity index (χ0v) is 10.8. The van der Waals surface area contributed by atoms with Gasteiger partial charge in [0.2, 0.25) is 5.95 Å². The van der Waals surface area contributed by atoms with Crippen molar-refractivity contribution >= 4 is 21.7 Å². The molecule has 0 saturated carbocycles. The van der Waals surface area contributed by atoms with Crippen LogP contribution in [0, 0.1) is 12.7 Å². The normalized spacial score (nSPS) is 11.3. The van der Waals surface area contributed by atoms with Crippen molar-refractivity contribution in [2.75, 3.05) is 10.5 Å². The van der Waals surface area contributed by atoms with Crippen molar-refractivity contribution in [3.63, 3.8) is 0 Å². The van der Waals surface area contributed by atoms with Crippen molar-refractivity contribution in [1.82, 2.24) is 9.97 Å². The van der Waals surface area contributed by atoms with E-state index < -0.39 is 15.8 Å². The highest BCUT2D eigenvalue weighted by molar-refractivity contribution is 7.92. The SMILES string of the molecule is Cc1ccc(NS(=O)(=O)c2cnc(N)nc2)c(F)c1. The Bertz CT molecular complexity index is 701.